The van der Waals surface area contributed by atoms with Crippen molar-refractivity contribution in [2.24, 2.45) is 0 Å². The molecule has 2 aromatic rings. The molecule has 1 aliphatic rings. The molecule has 1 heterocycles. The van der Waals surface area contributed by atoms with Crippen molar-refractivity contribution < 1.29 is 14.2 Å². The summed E-state index contributed by atoms with van der Waals surface area (Å²) in [6, 6.07) is 10.7. The summed E-state index contributed by atoms with van der Waals surface area (Å²) in [6.45, 7) is 14.9. The molecule has 0 saturated carbocycles. The quantitative estimate of drug-likeness (QED) is 0.428. The molecule has 5 nitrogen and oxygen atoms in total. The summed E-state index contributed by atoms with van der Waals surface area (Å²) in [5.41, 5.74) is 5.10. The van der Waals surface area contributed by atoms with E-state index >= 15 is 0 Å². The van der Waals surface area contributed by atoms with Crippen molar-refractivity contribution in [2.75, 3.05) is 58.0 Å². The van der Waals surface area contributed by atoms with Crippen LogP contribution in [-0.4, -0.2) is 58.0 Å². The van der Waals surface area contributed by atoms with Crippen LogP contribution in [0.1, 0.15) is 43.0 Å². The van der Waals surface area contributed by atoms with Crippen LogP contribution < -0.4 is 14.4 Å². The largest absolute Gasteiger partial charge is 0.495 e. The van der Waals surface area contributed by atoms with Crippen LogP contribution in [0.5, 0.6) is 11.5 Å². The maximum absolute atomic E-state index is 6.19. The number of ether oxygens (including phenoxy) is 3. The lowest BCUT2D eigenvalue weighted by Gasteiger charge is -2.40. The highest BCUT2D eigenvalue weighted by molar-refractivity contribution is 6.32. The van der Waals surface area contributed by atoms with Gasteiger partial charge in [-0.2, -0.15) is 0 Å². The fraction of sp³-hybridized carbons (Fsp3) is 0.538. The zero-order chi connectivity index (χ0) is 23.1. The number of halogens is 1. The second kappa shape index (κ2) is 11.8. The number of anilines is 1. The molecule has 1 fully saturated rings. The number of hydrogen-bond donors (Lipinski definition) is 0. The van der Waals surface area contributed by atoms with Crippen LogP contribution in [0.3, 0.4) is 0 Å². The van der Waals surface area contributed by atoms with Gasteiger partial charge in [-0.1, -0.05) is 17.7 Å². The molecule has 0 spiro atoms. The fourth-order valence-corrected chi connectivity index (χ4v) is 4.52. The van der Waals surface area contributed by atoms with Crippen LogP contribution in [0.15, 0.2) is 30.3 Å². The summed E-state index contributed by atoms with van der Waals surface area (Å²) in [5.74, 6) is 1.71. The second-order valence-corrected chi connectivity index (χ2v) is 8.73. The van der Waals surface area contributed by atoms with E-state index in [0.717, 1.165) is 63.0 Å². The summed E-state index contributed by atoms with van der Waals surface area (Å²) in [7, 11) is 1.66. The summed E-state index contributed by atoms with van der Waals surface area (Å²) < 4.78 is 16.8. The first kappa shape index (κ1) is 24.7. The molecule has 6 heteroatoms. The minimum atomic E-state index is 0.364. The van der Waals surface area contributed by atoms with E-state index in [1.807, 2.05) is 19.1 Å². The van der Waals surface area contributed by atoms with Crippen LogP contribution in [-0.2, 0) is 4.74 Å². The molecule has 0 N–H and O–H groups in total. The van der Waals surface area contributed by atoms with E-state index in [2.05, 4.69) is 48.8 Å². The molecule has 1 atom stereocenters. The fourth-order valence-electron chi connectivity index (χ4n) is 4.32. The third kappa shape index (κ3) is 5.89. The van der Waals surface area contributed by atoms with Crippen molar-refractivity contribution in [3.63, 3.8) is 0 Å². The van der Waals surface area contributed by atoms with Crippen molar-refractivity contribution in [3.05, 3.63) is 52.0 Å². The van der Waals surface area contributed by atoms with E-state index in [9.17, 15) is 0 Å². The average molecular weight is 461 g/mol. The number of hydrogen-bond acceptors (Lipinski definition) is 5. The molecule has 0 aliphatic carbocycles. The van der Waals surface area contributed by atoms with Gasteiger partial charge >= 0.3 is 0 Å². The van der Waals surface area contributed by atoms with Gasteiger partial charge in [0.15, 0.2) is 0 Å². The van der Waals surface area contributed by atoms with Gasteiger partial charge in [-0.25, -0.2) is 0 Å². The topological polar surface area (TPSA) is 34.2 Å². The Labute approximate surface area is 198 Å². The SMILES string of the molecule is CCOCCCOc1ccc(C(C)N2CCN(c3ccc(Cl)c(OC)c3)CC2)c(C)c1C. The molecule has 2 aromatic carbocycles. The van der Waals surface area contributed by atoms with Gasteiger partial charge in [0, 0.05) is 63.6 Å². The predicted octanol–water partition coefficient (Wildman–Crippen LogP) is 5.65. The molecule has 1 aliphatic heterocycles. The molecular formula is C26H37ClN2O3. The zero-order valence-electron chi connectivity index (χ0n) is 20.1. The highest BCUT2D eigenvalue weighted by Crippen LogP contribution is 2.33. The number of benzene rings is 2. The summed E-state index contributed by atoms with van der Waals surface area (Å²) >= 11 is 6.19. The van der Waals surface area contributed by atoms with Crippen LogP contribution in [0, 0.1) is 13.8 Å². The Kier molecular flexibility index (Phi) is 9.09. The molecule has 176 valence electrons. The molecule has 0 amide bonds. The average Bonchev–Trinajstić information content (AvgIpc) is 2.81. The Balaban J connectivity index is 1.59. The van der Waals surface area contributed by atoms with Crippen molar-refractivity contribution in [1.29, 1.82) is 0 Å². The molecule has 0 aromatic heterocycles. The highest BCUT2D eigenvalue weighted by Gasteiger charge is 2.24. The molecule has 3 rings (SSSR count). The molecular weight excluding hydrogens is 424 g/mol. The monoisotopic (exact) mass is 460 g/mol. The van der Waals surface area contributed by atoms with Crippen LogP contribution in [0.25, 0.3) is 0 Å². The molecule has 1 saturated heterocycles. The molecule has 32 heavy (non-hydrogen) atoms. The van der Waals surface area contributed by atoms with Gasteiger partial charge < -0.3 is 19.1 Å². The van der Waals surface area contributed by atoms with Gasteiger partial charge in [0.2, 0.25) is 0 Å². The predicted molar refractivity (Wildman–Crippen MR) is 133 cm³/mol. The minimum Gasteiger partial charge on any atom is -0.495 e. The second-order valence-electron chi connectivity index (χ2n) is 8.32. The molecule has 0 bridgehead atoms. The van der Waals surface area contributed by atoms with Gasteiger partial charge in [-0.3, -0.25) is 4.90 Å². The normalized spacial score (nSPS) is 15.6. The maximum atomic E-state index is 6.19. The summed E-state index contributed by atoms with van der Waals surface area (Å²) in [6.07, 6.45) is 0.911. The van der Waals surface area contributed by atoms with Gasteiger partial charge in [-0.15, -0.1) is 0 Å². The third-order valence-corrected chi connectivity index (χ3v) is 6.80. The van der Waals surface area contributed by atoms with Gasteiger partial charge in [0.25, 0.3) is 0 Å². The van der Waals surface area contributed by atoms with E-state index in [-0.39, 0.29) is 0 Å². The van der Waals surface area contributed by atoms with Crippen LogP contribution >= 0.6 is 11.6 Å². The van der Waals surface area contributed by atoms with Crippen LogP contribution in [0.4, 0.5) is 5.69 Å². The number of rotatable bonds is 10. The number of methoxy groups -OCH3 is 1. The van der Waals surface area contributed by atoms with Crippen LogP contribution in [0.2, 0.25) is 5.02 Å². The lowest BCUT2D eigenvalue weighted by atomic mass is 9.96. The Bertz CT molecular complexity index is 882. The Morgan fingerprint density at radius 1 is 0.969 bits per heavy atom. The third-order valence-electron chi connectivity index (χ3n) is 6.49. The van der Waals surface area contributed by atoms with Gasteiger partial charge in [0.05, 0.1) is 18.7 Å². The number of nitrogens with zero attached hydrogens (tertiary/aromatic N) is 2. The van der Waals surface area contributed by atoms with E-state index in [1.165, 1.54) is 16.7 Å². The molecule has 0 radical (unpaired) electrons. The Morgan fingerprint density at radius 3 is 2.41 bits per heavy atom. The summed E-state index contributed by atoms with van der Waals surface area (Å²) in [5, 5.41) is 0.649. The van der Waals surface area contributed by atoms with Crippen molar-refractivity contribution >= 4 is 17.3 Å². The van der Waals surface area contributed by atoms with Crippen molar-refractivity contribution in [3.8, 4) is 11.5 Å². The summed E-state index contributed by atoms with van der Waals surface area (Å²) in [4.78, 5) is 4.97. The zero-order valence-corrected chi connectivity index (χ0v) is 20.9. The standard InChI is InChI=1S/C26H37ClN2O3/c1-6-31-16-7-17-32-25-11-9-23(19(2)20(25)3)21(4)28-12-14-29(15-13-28)22-8-10-24(27)26(18-22)30-5/h8-11,18,21H,6-7,12-17H2,1-5H3. The first-order chi connectivity index (χ1) is 15.5. The smallest absolute Gasteiger partial charge is 0.139 e. The van der Waals surface area contributed by atoms with E-state index in [0.29, 0.717) is 17.7 Å². The van der Waals surface area contributed by atoms with E-state index in [1.54, 1.807) is 7.11 Å². The Hall–Kier alpha value is -1.95. The van der Waals surface area contributed by atoms with E-state index in [4.69, 9.17) is 25.8 Å². The first-order valence-corrected chi connectivity index (χ1v) is 12.0. The molecule has 1 unspecified atom stereocenters. The lowest BCUT2D eigenvalue weighted by Crippen LogP contribution is -2.47. The number of piperazine rings is 1. The Morgan fingerprint density at radius 2 is 1.72 bits per heavy atom. The van der Waals surface area contributed by atoms with Gasteiger partial charge in [0.1, 0.15) is 11.5 Å². The highest BCUT2D eigenvalue weighted by atomic mass is 35.5. The van der Waals surface area contributed by atoms with E-state index < -0.39 is 0 Å². The minimum absolute atomic E-state index is 0.364. The van der Waals surface area contributed by atoms with Gasteiger partial charge in [-0.05, 0) is 62.6 Å². The van der Waals surface area contributed by atoms with Crippen molar-refractivity contribution in [1.82, 2.24) is 4.90 Å². The maximum Gasteiger partial charge on any atom is 0.139 e. The lowest BCUT2D eigenvalue weighted by molar-refractivity contribution is 0.130. The first-order valence-electron chi connectivity index (χ1n) is 11.6. The van der Waals surface area contributed by atoms with Crippen molar-refractivity contribution in [2.45, 2.75) is 40.2 Å².